The van der Waals surface area contributed by atoms with Crippen molar-refractivity contribution in [1.82, 2.24) is 0 Å². The molecule has 0 saturated carbocycles. The standard InChI is InChI=1S/C22H24O/c1-22(2,3)18-12-9-16(10-13-18)15-17-11-14-21(23-4)20-8-6-5-7-19(17)20/h5-14H,15H2,1-4H3. The van der Waals surface area contributed by atoms with Gasteiger partial charge in [0.2, 0.25) is 0 Å². The van der Waals surface area contributed by atoms with Gasteiger partial charge in [-0.3, -0.25) is 0 Å². The fourth-order valence-corrected chi connectivity index (χ4v) is 3.01. The third-order valence-electron chi connectivity index (χ3n) is 4.41. The molecule has 0 spiro atoms. The first kappa shape index (κ1) is 15.6. The quantitative estimate of drug-likeness (QED) is 0.600. The highest BCUT2D eigenvalue weighted by Crippen LogP contribution is 2.30. The van der Waals surface area contributed by atoms with E-state index in [0.717, 1.165) is 12.2 Å². The summed E-state index contributed by atoms with van der Waals surface area (Å²) < 4.78 is 5.49. The topological polar surface area (TPSA) is 9.23 Å². The van der Waals surface area contributed by atoms with E-state index in [1.807, 2.05) is 0 Å². The molecular weight excluding hydrogens is 280 g/mol. The van der Waals surface area contributed by atoms with Crippen molar-refractivity contribution in [2.24, 2.45) is 0 Å². The van der Waals surface area contributed by atoms with Crippen molar-refractivity contribution in [3.63, 3.8) is 0 Å². The molecule has 0 aliphatic rings. The lowest BCUT2D eigenvalue weighted by molar-refractivity contribution is 0.419. The maximum absolute atomic E-state index is 5.49. The van der Waals surface area contributed by atoms with E-state index in [1.165, 1.54) is 27.5 Å². The van der Waals surface area contributed by atoms with Crippen LogP contribution in [0.1, 0.15) is 37.5 Å². The molecule has 0 bridgehead atoms. The summed E-state index contributed by atoms with van der Waals surface area (Å²) in [5.41, 5.74) is 4.25. The third-order valence-corrected chi connectivity index (χ3v) is 4.41. The van der Waals surface area contributed by atoms with Crippen LogP contribution in [0.4, 0.5) is 0 Å². The van der Waals surface area contributed by atoms with E-state index in [0.29, 0.717) is 0 Å². The second kappa shape index (κ2) is 6.08. The van der Waals surface area contributed by atoms with Crippen LogP contribution in [0.2, 0.25) is 0 Å². The van der Waals surface area contributed by atoms with Gasteiger partial charge in [-0.15, -0.1) is 0 Å². The summed E-state index contributed by atoms with van der Waals surface area (Å²) in [6.07, 6.45) is 0.939. The third kappa shape index (κ3) is 3.24. The van der Waals surface area contributed by atoms with Crippen molar-refractivity contribution in [3.8, 4) is 5.75 Å². The zero-order chi connectivity index (χ0) is 16.4. The van der Waals surface area contributed by atoms with Gasteiger partial charge in [0.1, 0.15) is 5.75 Å². The Hall–Kier alpha value is -2.28. The fourth-order valence-electron chi connectivity index (χ4n) is 3.01. The van der Waals surface area contributed by atoms with Crippen molar-refractivity contribution in [1.29, 1.82) is 0 Å². The molecule has 0 aromatic heterocycles. The number of benzene rings is 3. The number of rotatable bonds is 3. The summed E-state index contributed by atoms with van der Waals surface area (Å²) in [6, 6.07) is 21.7. The molecule has 23 heavy (non-hydrogen) atoms. The molecule has 0 amide bonds. The minimum atomic E-state index is 0.200. The molecule has 0 radical (unpaired) electrons. The molecular formula is C22H24O. The Morgan fingerprint density at radius 1 is 0.783 bits per heavy atom. The molecule has 118 valence electrons. The van der Waals surface area contributed by atoms with Gasteiger partial charge < -0.3 is 4.74 Å². The molecule has 3 aromatic rings. The highest BCUT2D eigenvalue weighted by Gasteiger charge is 2.13. The second-order valence-electron chi connectivity index (χ2n) is 7.10. The first-order valence-corrected chi connectivity index (χ1v) is 8.13. The summed E-state index contributed by atoms with van der Waals surface area (Å²) in [5.74, 6) is 0.937. The van der Waals surface area contributed by atoms with Crippen molar-refractivity contribution in [2.75, 3.05) is 7.11 Å². The molecule has 0 saturated heterocycles. The number of hydrogen-bond donors (Lipinski definition) is 0. The molecule has 0 heterocycles. The minimum absolute atomic E-state index is 0.200. The summed E-state index contributed by atoms with van der Waals surface area (Å²) >= 11 is 0. The molecule has 1 nitrogen and oxygen atoms in total. The van der Waals surface area contributed by atoms with E-state index >= 15 is 0 Å². The Kier molecular flexibility index (Phi) is 4.12. The van der Waals surface area contributed by atoms with Crippen molar-refractivity contribution >= 4 is 10.8 Å². The van der Waals surface area contributed by atoms with Gasteiger partial charge in [0.25, 0.3) is 0 Å². The molecule has 0 atom stereocenters. The molecule has 0 unspecified atom stereocenters. The van der Waals surface area contributed by atoms with E-state index < -0.39 is 0 Å². The van der Waals surface area contributed by atoms with Gasteiger partial charge in [0, 0.05) is 5.39 Å². The van der Waals surface area contributed by atoms with Crippen LogP contribution in [0.5, 0.6) is 5.75 Å². The number of fused-ring (bicyclic) bond motifs is 1. The molecule has 0 aliphatic heterocycles. The second-order valence-corrected chi connectivity index (χ2v) is 7.10. The fraction of sp³-hybridized carbons (Fsp3) is 0.273. The molecule has 1 heteroatoms. The molecule has 0 aliphatic carbocycles. The lowest BCUT2D eigenvalue weighted by Gasteiger charge is -2.19. The lowest BCUT2D eigenvalue weighted by Crippen LogP contribution is -2.10. The SMILES string of the molecule is COc1ccc(Cc2ccc(C(C)(C)C)cc2)c2ccccc12. The van der Waals surface area contributed by atoms with Crippen molar-refractivity contribution < 1.29 is 4.74 Å². The van der Waals surface area contributed by atoms with Crippen LogP contribution in [0, 0.1) is 0 Å². The van der Waals surface area contributed by atoms with Crippen molar-refractivity contribution in [2.45, 2.75) is 32.6 Å². The van der Waals surface area contributed by atoms with Gasteiger partial charge in [-0.1, -0.05) is 75.4 Å². The average molecular weight is 304 g/mol. The molecule has 0 N–H and O–H groups in total. The van der Waals surface area contributed by atoms with Gasteiger partial charge in [0.15, 0.2) is 0 Å². The number of ether oxygens (including phenoxy) is 1. The Balaban J connectivity index is 1.96. The zero-order valence-electron chi connectivity index (χ0n) is 14.4. The normalized spacial score (nSPS) is 11.7. The van der Waals surface area contributed by atoms with Gasteiger partial charge in [-0.05, 0) is 40.0 Å². The summed E-state index contributed by atoms with van der Waals surface area (Å²) in [6.45, 7) is 6.75. The predicted octanol–water partition coefficient (Wildman–Crippen LogP) is 5.74. The van der Waals surface area contributed by atoms with Crippen LogP contribution in [0.3, 0.4) is 0 Å². The highest BCUT2D eigenvalue weighted by molar-refractivity contribution is 5.91. The predicted molar refractivity (Wildman–Crippen MR) is 98.4 cm³/mol. The maximum atomic E-state index is 5.49. The first-order chi connectivity index (χ1) is 11.0. The maximum Gasteiger partial charge on any atom is 0.126 e. The number of methoxy groups -OCH3 is 1. The Labute approximate surface area is 138 Å². The van der Waals surface area contributed by atoms with Crippen molar-refractivity contribution in [3.05, 3.63) is 77.4 Å². The smallest absolute Gasteiger partial charge is 0.126 e. The van der Waals surface area contributed by atoms with Crippen LogP contribution in [0.25, 0.3) is 10.8 Å². The Morgan fingerprint density at radius 3 is 2.04 bits per heavy atom. The van der Waals surface area contributed by atoms with E-state index in [2.05, 4.69) is 81.4 Å². The summed E-state index contributed by atoms with van der Waals surface area (Å²) in [4.78, 5) is 0. The summed E-state index contributed by atoms with van der Waals surface area (Å²) in [5, 5.41) is 2.45. The highest BCUT2D eigenvalue weighted by atomic mass is 16.5. The van der Waals surface area contributed by atoms with Crippen LogP contribution in [-0.2, 0) is 11.8 Å². The van der Waals surface area contributed by atoms with Gasteiger partial charge in [0.05, 0.1) is 7.11 Å². The largest absolute Gasteiger partial charge is 0.496 e. The zero-order valence-corrected chi connectivity index (χ0v) is 14.4. The average Bonchev–Trinajstić information content (AvgIpc) is 2.55. The molecule has 0 fully saturated rings. The van der Waals surface area contributed by atoms with E-state index in [9.17, 15) is 0 Å². The van der Waals surface area contributed by atoms with Gasteiger partial charge in [-0.25, -0.2) is 0 Å². The minimum Gasteiger partial charge on any atom is -0.496 e. The molecule has 3 aromatic carbocycles. The number of hydrogen-bond acceptors (Lipinski definition) is 1. The van der Waals surface area contributed by atoms with Crippen LogP contribution in [-0.4, -0.2) is 7.11 Å². The molecule has 3 rings (SSSR count). The summed E-state index contributed by atoms with van der Waals surface area (Å²) in [7, 11) is 1.73. The van der Waals surface area contributed by atoms with E-state index in [1.54, 1.807) is 7.11 Å². The van der Waals surface area contributed by atoms with Crippen LogP contribution < -0.4 is 4.74 Å². The monoisotopic (exact) mass is 304 g/mol. The van der Waals surface area contributed by atoms with Gasteiger partial charge >= 0.3 is 0 Å². The first-order valence-electron chi connectivity index (χ1n) is 8.13. The van der Waals surface area contributed by atoms with E-state index in [4.69, 9.17) is 4.74 Å². The Morgan fingerprint density at radius 2 is 1.43 bits per heavy atom. The lowest BCUT2D eigenvalue weighted by atomic mass is 9.86. The van der Waals surface area contributed by atoms with E-state index in [-0.39, 0.29) is 5.41 Å². The van der Waals surface area contributed by atoms with Crippen LogP contribution in [0.15, 0.2) is 60.7 Å². The van der Waals surface area contributed by atoms with Crippen LogP contribution >= 0.6 is 0 Å². The Bertz CT molecular complexity index is 807. The van der Waals surface area contributed by atoms with Gasteiger partial charge in [-0.2, -0.15) is 0 Å².